The first-order chi connectivity index (χ1) is 16.3. The molecular formula is C23H28N4O6S. The van der Waals surface area contributed by atoms with Gasteiger partial charge in [0.05, 0.1) is 4.90 Å². The Bertz CT molecular complexity index is 1120. The molecule has 182 valence electrons. The number of nitrogens with one attached hydrogen (secondary N) is 2. The number of rotatable bonds is 8. The molecular weight excluding hydrogens is 460 g/mol. The molecule has 11 heteroatoms. The summed E-state index contributed by atoms with van der Waals surface area (Å²) in [5.41, 5.74) is 5.50. The molecule has 34 heavy (non-hydrogen) atoms. The van der Waals surface area contributed by atoms with E-state index in [-0.39, 0.29) is 56.4 Å². The topological polar surface area (TPSA) is 125 Å². The number of hydrogen-bond donors (Lipinski definition) is 2. The van der Waals surface area contributed by atoms with Gasteiger partial charge >= 0.3 is 0 Å². The van der Waals surface area contributed by atoms with Gasteiger partial charge in [0.2, 0.25) is 21.8 Å². The Balaban J connectivity index is 1.34. The van der Waals surface area contributed by atoms with Crippen LogP contribution < -0.4 is 15.6 Å². The largest absolute Gasteiger partial charge is 0.484 e. The van der Waals surface area contributed by atoms with Gasteiger partial charge in [-0.2, -0.15) is 4.31 Å². The number of piperazine rings is 1. The summed E-state index contributed by atoms with van der Waals surface area (Å²) < 4.78 is 32.1. The van der Waals surface area contributed by atoms with Crippen LogP contribution in [0.3, 0.4) is 0 Å². The maximum Gasteiger partial charge on any atom is 0.276 e. The van der Waals surface area contributed by atoms with E-state index in [0.29, 0.717) is 5.75 Å². The van der Waals surface area contributed by atoms with Crippen LogP contribution in [0.15, 0.2) is 59.5 Å². The summed E-state index contributed by atoms with van der Waals surface area (Å²) in [5.74, 6) is -0.746. The highest BCUT2D eigenvalue weighted by atomic mass is 32.2. The second-order valence-corrected chi connectivity index (χ2v) is 9.74. The van der Waals surface area contributed by atoms with Crippen LogP contribution in [-0.2, 0) is 24.4 Å². The van der Waals surface area contributed by atoms with Gasteiger partial charge in [0.25, 0.3) is 5.91 Å². The van der Waals surface area contributed by atoms with Gasteiger partial charge in [-0.25, -0.2) is 8.42 Å². The zero-order valence-corrected chi connectivity index (χ0v) is 19.7. The van der Waals surface area contributed by atoms with Crippen molar-refractivity contribution >= 4 is 27.7 Å². The lowest BCUT2D eigenvalue weighted by atomic mass is 10.2. The van der Waals surface area contributed by atoms with Gasteiger partial charge in [-0.1, -0.05) is 30.3 Å². The lowest BCUT2D eigenvalue weighted by molar-refractivity contribution is -0.135. The van der Waals surface area contributed by atoms with Crippen LogP contribution in [0.1, 0.15) is 18.4 Å². The number of hydrogen-bond acceptors (Lipinski definition) is 6. The van der Waals surface area contributed by atoms with Gasteiger partial charge in [-0.3, -0.25) is 25.2 Å². The number of aryl methyl sites for hydroxylation is 1. The zero-order valence-electron chi connectivity index (χ0n) is 18.9. The van der Waals surface area contributed by atoms with E-state index in [2.05, 4.69) is 10.9 Å². The molecule has 0 bridgehead atoms. The average molecular weight is 489 g/mol. The summed E-state index contributed by atoms with van der Waals surface area (Å²) >= 11 is 0. The van der Waals surface area contributed by atoms with Crippen LogP contribution in [-0.4, -0.2) is 68.1 Å². The van der Waals surface area contributed by atoms with Gasteiger partial charge in [0, 0.05) is 39.0 Å². The van der Waals surface area contributed by atoms with Crippen molar-refractivity contribution in [3.63, 3.8) is 0 Å². The minimum Gasteiger partial charge on any atom is -0.484 e. The molecule has 0 radical (unpaired) electrons. The van der Waals surface area contributed by atoms with Crippen molar-refractivity contribution in [2.45, 2.75) is 24.7 Å². The van der Waals surface area contributed by atoms with Crippen molar-refractivity contribution in [3.05, 3.63) is 60.2 Å². The Labute approximate surface area is 198 Å². The molecule has 1 fully saturated rings. The Kier molecular flexibility index (Phi) is 8.61. The molecule has 0 atom stereocenters. The van der Waals surface area contributed by atoms with Crippen molar-refractivity contribution < 1.29 is 27.5 Å². The fraction of sp³-hybridized carbons (Fsp3) is 0.348. The van der Waals surface area contributed by atoms with Crippen molar-refractivity contribution in [1.29, 1.82) is 0 Å². The number of sulfonamides is 1. The summed E-state index contributed by atoms with van der Waals surface area (Å²) in [7, 11) is -3.60. The van der Waals surface area contributed by atoms with E-state index >= 15 is 0 Å². The number of hydrazine groups is 1. The van der Waals surface area contributed by atoms with Gasteiger partial charge in [-0.05, 0) is 36.8 Å². The highest BCUT2D eigenvalue weighted by Crippen LogP contribution is 2.17. The lowest BCUT2D eigenvalue weighted by Gasteiger charge is -2.34. The molecule has 1 saturated heterocycles. The summed E-state index contributed by atoms with van der Waals surface area (Å²) in [6.45, 7) is 2.51. The summed E-state index contributed by atoms with van der Waals surface area (Å²) in [4.78, 5) is 38.0. The third-order valence-electron chi connectivity index (χ3n) is 5.24. The first kappa shape index (κ1) is 25.2. The maximum absolute atomic E-state index is 12.7. The molecule has 1 heterocycles. The minimum atomic E-state index is -3.60. The van der Waals surface area contributed by atoms with Crippen LogP contribution in [0.25, 0.3) is 0 Å². The summed E-state index contributed by atoms with van der Waals surface area (Å²) in [5, 5.41) is 0. The lowest BCUT2D eigenvalue weighted by Crippen LogP contribution is -2.50. The van der Waals surface area contributed by atoms with E-state index < -0.39 is 21.8 Å². The summed E-state index contributed by atoms with van der Waals surface area (Å²) in [6, 6.07) is 15.4. The third kappa shape index (κ3) is 7.03. The van der Waals surface area contributed by atoms with E-state index in [1.54, 1.807) is 47.4 Å². The fourth-order valence-corrected chi connectivity index (χ4v) is 4.83. The average Bonchev–Trinajstić information content (AvgIpc) is 2.85. The number of ether oxygens (including phenoxy) is 1. The second kappa shape index (κ2) is 11.6. The molecule has 2 aromatic rings. The van der Waals surface area contributed by atoms with Crippen LogP contribution >= 0.6 is 0 Å². The number of amides is 3. The fourth-order valence-electron chi connectivity index (χ4n) is 3.39. The van der Waals surface area contributed by atoms with Gasteiger partial charge in [-0.15, -0.1) is 0 Å². The van der Waals surface area contributed by atoms with E-state index in [0.717, 1.165) is 5.56 Å². The Morgan fingerprint density at radius 1 is 0.882 bits per heavy atom. The smallest absolute Gasteiger partial charge is 0.276 e. The first-order valence-corrected chi connectivity index (χ1v) is 12.3. The second-order valence-electron chi connectivity index (χ2n) is 7.80. The van der Waals surface area contributed by atoms with Crippen LogP contribution in [0, 0.1) is 6.92 Å². The molecule has 1 aliphatic heterocycles. The van der Waals surface area contributed by atoms with Crippen LogP contribution in [0.2, 0.25) is 0 Å². The van der Waals surface area contributed by atoms with Gasteiger partial charge in [0.1, 0.15) is 5.75 Å². The molecule has 1 aliphatic rings. The predicted octanol–water partition coefficient (Wildman–Crippen LogP) is 0.835. The number of carbonyl (C=O) groups is 3. The Hall–Kier alpha value is -3.44. The van der Waals surface area contributed by atoms with Gasteiger partial charge < -0.3 is 9.64 Å². The highest BCUT2D eigenvalue weighted by Gasteiger charge is 2.29. The molecule has 3 amide bonds. The molecule has 3 rings (SSSR count). The van der Waals surface area contributed by atoms with Crippen molar-refractivity contribution in [2.24, 2.45) is 0 Å². The van der Waals surface area contributed by atoms with Crippen molar-refractivity contribution in [2.75, 3.05) is 32.8 Å². The highest BCUT2D eigenvalue weighted by molar-refractivity contribution is 7.89. The van der Waals surface area contributed by atoms with Crippen LogP contribution in [0.5, 0.6) is 5.75 Å². The SMILES string of the molecule is Cc1cccc(OCC(=O)NNC(=O)CCC(=O)N2CCN(S(=O)(=O)c3ccccc3)CC2)c1. The zero-order chi connectivity index (χ0) is 24.6. The van der Waals surface area contributed by atoms with Crippen LogP contribution in [0.4, 0.5) is 0 Å². The maximum atomic E-state index is 12.7. The van der Waals surface area contributed by atoms with Crippen molar-refractivity contribution in [3.8, 4) is 5.75 Å². The van der Waals surface area contributed by atoms with E-state index in [9.17, 15) is 22.8 Å². The van der Waals surface area contributed by atoms with E-state index in [1.807, 2.05) is 19.1 Å². The first-order valence-electron chi connectivity index (χ1n) is 10.9. The molecule has 10 nitrogen and oxygen atoms in total. The van der Waals surface area contributed by atoms with E-state index in [4.69, 9.17) is 4.74 Å². The monoisotopic (exact) mass is 488 g/mol. The third-order valence-corrected chi connectivity index (χ3v) is 7.15. The minimum absolute atomic E-state index is 0.0487. The normalized spacial score (nSPS) is 14.3. The molecule has 0 aromatic heterocycles. The molecule has 0 aliphatic carbocycles. The van der Waals surface area contributed by atoms with Gasteiger partial charge in [0.15, 0.2) is 6.61 Å². The predicted molar refractivity (Wildman–Crippen MR) is 124 cm³/mol. The molecule has 0 unspecified atom stereocenters. The molecule has 0 saturated carbocycles. The Morgan fingerprint density at radius 2 is 1.56 bits per heavy atom. The van der Waals surface area contributed by atoms with Crippen molar-refractivity contribution in [1.82, 2.24) is 20.1 Å². The summed E-state index contributed by atoms with van der Waals surface area (Å²) in [6.07, 6.45) is -0.159. The molecule has 2 aromatic carbocycles. The molecule has 2 N–H and O–H groups in total. The quantitative estimate of drug-likeness (QED) is 0.531. The Morgan fingerprint density at radius 3 is 2.24 bits per heavy atom. The van der Waals surface area contributed by atoms with E-state index in [1.165, 1.54) is 4.31 Å². The number of nitrogens with zero attached hydrogens (tertiary/aromatic N) is 2. The molecule has 0 spiro atoms. The number of benzene rings is 2. The number of carbonyl (C=O) groups excluding carboxylic acids is 3. The standard InChI is InChI=1S/C23H28N4O6S/c1-18-6-5-7-19(16-18)33-17-22(29)25-24-21(28)10-11-23(30)26-12-14-27(15-13-26)34(31,32)20-8-3-2-4-9-20/h2-9,16H,10-15,17H2,1H3,(H,24,28)(H,25,29).